The Morgan fingerprint density at radius 2 is 2.06 bits per heavy atom. The molecule has 2 aromatic carbocycles. The van der Waals surface area contributed by atoms with Gasteiger partial charge in [0, 0.05) is 24.4 Å². The molecule has 1 fully saturated rings. The van der Waals surface area contributed by atoms with Gasteiger partial charge in [-0.25, -0.2) is 4.39 Å². The van der Waals surface area contributed by atoms with Crippen molar-refractivity contribution in [2.24, 2.45) is 21.3 Å². The van der Waals surface area contributed by atoms with Crippen LogP contribution in [0.1, 0.15) is 76.8 Å². The minimum Gasteiger partial charge on any atom is -0.385 e. The molecule has 0 aromatic heterocycles. The Kier molecular flexibility index (Phi) is 8.20. The maximum atomic E-state index is 13.6. The maximum absolute atomic E-state index is 13.6. The lowest BCUT2D eigenvalue weighted by atomic mass is 9.75. The van der Waals surface area contributed by atoms with E-state index in [9.17, 15) is 4.39 Å². The van der Waals surface area contributed by atoms with Crippen LogP contribution in [0.15, 0.2) is 64.6 Å². The van der Waals surface area contributed by atoms with E-state index in [2.05, 4.69) is 56.9 Å². The number of halogens is 1. The molecule has 0 radical (unpaired) electrons. The molecule has 4 rings (SSSR count). The van der Waals surface area contributed by atoms with E-state index in [1.807, 2.05) is 6.07 Å². The second-order valence-electron chi connectivity index (χ2n) is 10.5. The van der Waals surface area contributed by atoms with E-state index < -0.39 is 0 Å². The minimum absolute atomic E-state index is 0.231. The molecule has 0 spiro atoms. The molecular formula is C31H40FN3. The second-order valence-corrected chi connectivity index (χ2v) is 10.5. The van der Waals surface area contributed by atoms with Gasteiger partial charge in [0.1, 0.15) is 5.82 Å². The molecule has 2 unspecified atom stereocenters. The Bertz CT molecular complexity index is 1120. The van der Waals surface area contributed by atoms with Crippen molar-refractivity contribution in [2.75, 3.05) is 18.4 Å². The molecule has 1 aliphatic heterocycles. The Morgan fingerprint density at radius 1 is 1.20 bits per heavy atom. The zero-order valence-electron chi connectivity index (χ0n) is 21.7. The quantitative estimate of drug-likeness (QED) is 0.258. The number of hydrogen-bond acceptors (Lipinski definition) is 3. The SMILES string of the molecule is C=C(CN=C(C)CCC)C1(CCC)CCC(CNc2cccc(C3=Nc4cc(F)ccc4C3)c2)C1. The van der Waals surface area contributed by atoms with Crippen LogP contribution in [-0.4, -0.2) is 24.5 Å². The summed E-state index contributed by atoms with van der Waals surface area (Å²) in [4.78, 5) is 9.53. The first-order valence-electron chi connectivity index (χ1n) is 13.3. The van der Waals surface area contributed by atoms with Crippen molar-refractivity contribution in [3.63, 3.8) is 0 Å². The average Bonchev–Trinajstić information content (AvgIpc) is 3.46. The fourth-order valence-corrected chi connectivity index (χ4v) is 5.85. The predicted molar refractivity (Wildman–Crippen MR) is 148 cm³/mol. The number of nitrogens with zero attached hydrogens (tertiary/aromatic N) is 2. The van der Waals surface area contributed by atoms with E-state index in [4.69, 9.17) is 9.98 Å². The molecule has 2 aromatic rings. The smallest absolute Gasteiger partial charge is 0.125 e. The molecule has 35 heavy (non-hydrogen) atoms. The first-order chi connectivity index (χ1) is 16.9. The highest BCUT2D eigenvalue weighted by Gasteiger charge is 2.40. The maximum Gasteiger partial charge on any atom is 0.125 e. The van der Waals surface area contributed by atoms with Crippen molar-refractivity contribution < 1.29 is 4.39 Å². The summed E-state index contributed by atoms with van der Waals surface area (Å²) in [5.41, 5.74) is 7.89. The topological polar surface area (TPSA) is 36.8 Å². The van der Waals surface area contributed by atoms with Crippen molar-refractivity contribution in [2.45, 2.75) is 72.1 Å². The van der Waals surface area contributed by atoms with Crippen LogP contribution in [0.5, 0.6) is 0 Å². The molecular weight excluding hydrogens is 433 g/mol. The monoisotopic (exact) mass is 473 g/mol. The number of anilines is 1. The first-order valence-corrected chi connectivity index (χ1v) is 13.3. The third-order valence-corrected chi connectivity index (χ3v) is 7.79. The highest BCUT2D eigenvalue weighted by atomic mass is 19.1. The van der Waals surface area contributed by atoms with Gasteiger partial charge in [-0.1, -0.05) is 51.5 Å². The van der Waals surface area contributed by atoms with Gasteiger partial charge < -0.3 is 5.32 Å². The van der Waals surface area contributed by atoms with Crippen molar-refractivity contribution in [1.29, 1.82) is 0 Å². The van der Waals surface area contributed by atoms with Crippen LogP contribution in [0.2, 0.25) is 0 Å². The third-order valence-electron chi connectivity index (χ3n) is 7.79. The van der Waals surface area contributed by atoms with Gasteiger partial charge in [0.2, 0.25) is 0 Å². The summed E-state index contributed by atoms with van der Waals surface area (Å²) in [5, 5.41) is 3.69. The van der Waals surface area contributed by atoms with Gasteiger partial charge in [0.25, 0.3) is 0 Å². The summed E-state index contributed by atoms with van der Waals surface area (Å²) in [6.07, 6.45) is 9.03. The van der Waals surface area contributed by atoms with Crippen LogP contribution in [-0.2, 0) is 6.42 Å². The number of benzene rings is 2. The van der Waals surface area contributed by atoms with Gasteiger partial charge in [-0.3, -0.25) is 9.98 Å². The van der Waals surface area contributed by atoms with Gasteiger partial charge in [-0.2, -0.15) is 0 Å². The van der Waals surface area contributed by atoms with Crippen LogP contribution >= 0.6 is 0 Å². The second kappa shape index (κ2) is 11.3. The molecule has 186 valence electrons. The summed E-state index contributed by atoms with van der Waals surface area (Å²) >= 11 is 0. The zero-order chi connectivity index (χ0) is 24.8. The molecule has 1 aliphatic carbocycles. The van der Waals surface area contributed by atoms with E-state index in [1.165, 1.54) is 55.5 Å². The summed E-state index contributed by atoms with van der Waals surface area (Å²) in [6, 6.07) is 13.4. The summed E-state index contributed by atoms with van der Waals surface area (Å²) in [5.74, 6) is 0.407. The normalized spacial score (nSPS) is 21.7. The highest BCUT2D eigenvalue weighted by molar-refractivity contribution is 6.07. The lowest BCUT2D eigenvalue weighted by Gasteiger charge is -2.31. The number of fused-ring (bicyclic) bond motifs is 1. The zero-order valence-corrected chi connectivity index (χ0v) is 21.7. The van der Waals surface area contributed by atoms with Crippen LogP contribution in [0, 0.1) is 17.2 Å². The van der Waals surface area contributed by atoms with E-state index in [0.29, 0.717) is 5.92 Å². The molecule has 2 aliphatic rings. The van der Waals surface area contributed by atoms with E-state index in [1.54, 1.807) is 0 Å². The lowest BCUT2D eigenvalue weighted by Crippen LogP contribution is -2.23. The van der Waals surface area contributed by atoms with Crippen molar-refractivity contribution in [1.82, 2.24) is 0 Å². The molecule has 4 heteroatoms. The van der Waals surface area contributed by atoms with E-state index >= 15 is 0 Å². The van der Waals surface area contributed by atoms with E-state index in [-0.39, 0.29) is 11.2 Å². The van der Waals surface area contributed by atoms with Gasteiger partial charge in [0.05, 0.1) is 17.9 Å². The fourth-order valence-electron chi connectivity index (χ4n) is 5.85. The third kappa shape index (κ3) is 6.09. The molecule has 1 saturated carbocycles. The van der Waals surface area contributed by atoms with Crippen LogP contribution < -0.4 is 5.32 Å². The standard InChI is InChI=1S/C31H40FN3/c1-5-8-23(4)33-20-22(3)31(14-6-2)15-13-24(19-31)21-34-28-10-7-9-25(16-28)29-17-26-11-12-27(32)18-30(26)35-29/h7,9-12,16,18,24,34H,3,5-6,8,13-15,17,19-21H2,1-2,4H3. The van der Waals surface area contributed by atoms with Gasteiger partial charge >= 0.3 is 0 Å². The number of nitrogens with one attached hydrogen (secondary N) is 1. The largest absolute Gasteiger partial charge is 0.385 e. The molecule has 0 bridgehead atoms. The van der Waals surface area contributed by atoms with Crippen LogP contribution in [0.25, 0.3) is 0 Å². The molecule has 0 saturated heterocycles. The van der Waals surface area contributed by atoms with E-state index in [0.717, 1.165) is 60.6 Å². The fraction of sp³-hybridized carbons (Fsp3) is 0.484. The Balaban J connectivity index is 1.37. The lowest BCUT2D eigenvalue weighted by molar-refractivity contribution is 0.317. The first kappa shape index (κ1) is 25.3. The summed E-state index contributed by atoms with van der Waals surface area (Å²) in [7, 11) is 0. The highest BCUT2D eigenvalue weighted by Crippen LogP contribution is 2.50. The Morgan fingerprint density at radius 3 is 2.86 bits per heavy atom. The number of aliphatic imine (C=N–C) groups is 2. The Hall–Kier alpha value is -2.75. The predicted octanol–water partition coefficient (Wildman–Crippen LogP) is 8.32. The summed E-state index contributed by atoms with van der Waals surface area (Å²) < 4.78 is 13.6. The summed E-state index contributed by atoms with van der Waals surface area (Å²) in [6.45, 7) is 12.9. The number of rotatable bonds is 11. The average molecular weight is 474 g/mol. The molecule has 1 N–H and O–H groups in total. The molecule has 0 amide bonds. The minimum atomic E-state index is -0.231. The van der Waals surface area contributed by atoms with Gasteiger partial charge in [0.15, 0.2) is 0 Å². The van der Waals surface area contributed by atoms with Crippen LogP contribution in [0.3, 0.4) is 0 Å². The van der Waals surface area contributed by atoms with Crippen molar-refractivity contribution in [3.05, 3.63) is 71.6 Å². The van der Waals surface area contributed by atoms with Crippen LogP contribution in [0.4, 0.5) is 15.8 Å². The molecule has 2 atom stereocenters. The van der Waals surface area contributed by atoms with Gasteiger partial charge in [-0.15, -0.1) is 0 Å². The number of hydrogen-bond donors (Lipinski definition) is 1. The molecule has 1 heterocycles. The molecule has 3 nitrogen and oxygen atoms in total. The van der Waals surface area contributed by atoms with Gasteiger partial charge in [-0.05, 0) is 91.3 Å². The van der Waals surface area contributed by atoms with Crippen molar-refractivity contribution in [3.8, 4) is 0 Å². The Labute approximate surface area is 210 Å². The van der Waals surface area contributed by atoms with Crippen molar-refractivity contribution >= 4 is 22.8 Å².